The topological polar surface area (TPSA) is 96.8 Å². The molecule has 1 aromatic carbocycles. The summed E-state index contributed by atoms with van der Waals surface area (Å²) in [4.78, 5) is 7.89. The normalized spacial score (nSPS) is 9.74. The van der Waals surface area contributed by atoms with Crippen LogP contribution in [0.2, 0.25) is 0 Å². The van der Waals surface area contributed by atoms with Crippen molar-refractivity contribution in [1.82, 2.24) is 9.97 Å². The molecule has 0 fully saturated rings. The van der Waals surface area contributed by atoms with Gasteiger partial charge >= 0.3 is 0 Å². The summed E-state index contributed by atoms with van der Waals surface area (Å²) < 4.78 is 5.96. The number of nitrogens with two attached hydrogens (primary N) is 1. The molecule has 0 unspecified atom stereocenters. The second kappa shape index (κ2) is 5.54. The van der Waals surface area contributed by atoms with E-state index in [4.69, 9.17) is 15.7 Å². The molecule has 0 aliphatic carbocycles. The van der Waals surface area contributed by atoms with Gasteiger partial charge in [0.15, 0.2) is 11.6 Å². The molecule has 0 saturated heterocycles. The third-order valence-corrected chi connectivity index (χ3v) is 2.88. The Kier molecular flexibility index (Phi) is 3.82. The van der Waals surface area contributed by atoms with Crippen LogP contribution in [0.3, 0.4) is 0 Å². The molecule has 0 saturated carbocycles. The number of rotatable bonds is 3. The smallest absolute Gasteiger partial charge is 0.204 e. The molecule has 1 aromatic heterocycles. The van der Waals surface area contributed by atoms with Crippen molar-refractivity contribution in [1.29, 1.82) is 5.26 Å². The quantitative estimate of drug-likeness (QED) is 0.901. The number of ether oxygens (including phenoxy) is 1. The number of halogens is 1. The summed E-state index contributed by atoms with van der Waals surface area (Å²) in [5.74, 6) is 0.985. The maximum Gasteiger partial charge on any atom is 0.204 e. The molecular weight excluding hydrogens is 310 g/mol. The first-order valence-electron chi connectivity index (χ1n) is 5.27. The molecule has 0 spiro atoms. The zero-order valence-electron chi connectivity index (χ0n) is 10.0. The lowest BCUT2D eigenvalue weighted by atomic mass is 10.2. The number of nitrogens with one attached hydrogen (secondary N) is 1. The molecule has 0 aliphatic heterocycles. The van der Waals surface area contributed by atoms with Gasteiger partial charge in [0.2, 0.25) is 5.75 Å². The van der Waals surface area contributed by atoms with E-state index in [0.29, 0.717) is 22.8 Å². The minimum atomic E-state index is 0.232. The van der Waals surface area contributed by atoms with E-state index in [1.165, 1.54) is 13.4 Å². The van der Waals surface area contributed by atoms with Crippen molar-refractivity contribution in [2.24, 2.45) is 0 Å². The highest BCUT2D eigenvalue weighted by atomic mass is 79.9. The van der Waals surface area contributed by atoms with Crippen molar-refractivity contribution < 1.29 is 4.74 Å². The summed E-state index contributed by atoms with van der Waals surface area (Å²) in [6.45, 7) is 0. The van der Waals surface area contributed by atoms with Crippen LogP contribution in [0, 0.1) is 11.3 Å². The van der Waals surface area contributed by atoms with Gasteiger partial charge in [-0.2, -0.15) is 5.26 Å². The Hall–Kier alpha value is -2.33. The van der Waals surface area contributed by atoms with E-state index in [0.717, 1.165) is 4.47 Å². The minimum absolute atomic E-state index is 0.232. The second-order valence-electron chi connectivity index (χ2n) is 3.57. The number of hydrogen-bond donors (Lipinski definition) is 2. The lowest BCUT2D eigenvalue weighted by Crippen LogP contribution is -2.03. The van der Waals surface area contributed by atoms with Crippen LogP contribution in [0.25, 0.3) is 0 Å². The molecular formula is C12H10BrN5O. The number of methoxy groups -OCH3 is 1. The van der Waals surface area contributed by atoms with Crippen LogP contribution in [-0.4, -0.2) is 17.1 Å². The monoisotopic (exact) mass is 319 g/mol. The fraction of sp³-hybridized carbons (Fsp3) is 0.0833. The Morgan fingerprint density at radius 2 is 2.21 bits per heavy atom. The standard InChI is InChI=1S/C12H10BrN5O/c1-19-10-11(15)16-6-17-12(10)18-9-3-2-8(13)4-7(9)5-14/h2-4,6H,1H3,(H3,15,16,17,18). The van der Waals surface area contributed by atoms with Gasteiger partial charge in [-0.3, -0.25) is 0 Å². The van der Waals surface area contributed by atoms with Crippen LogP contribution in [0.5, 0.6) is 5.75 Å². The summed E-state index contributed by atoms with van der Waals surface area (Å²) in [6.07, 6.45) is 1.32. The number of nitrogens with zero attached hydrogens (tertiary/aromatic N) is 3. The number of benzene rings is 1. The fourth-order valence-corrected chi connectivity index (χ4v) is 1.88. The SMILES string of the molecule is COc1c(N)ncnc1Nc1ccc(Br)cc1C#N. The van der Waals surface area contributed by atoms with Gasteiger partial charge in [-0.25, -0.2) is 9.97 Å². The van der Waals surface area contributed by atoms with Crippen molar-refractivity contribution >= 4 is 33.3 Å². The molecule has 2 rings (SSSR count). The van der Waals surface area contributed by atoms with Crippen molar-refractivity contribution in [3.05, 3.63) is 34.6 Å². The van der Waals surface area contributed by atoms with Crippen LogP contribution < -0.4 is 15.8 Å². The lowest BCUT2D eigenvalue weighted by molar-refractivity contribution is 0.415. The highest BCUT2D eigenvalue weighted by molar-refractivity contribution is 9.10. The molecule has 96 valence electrons. The van der Waals surface area contributed by atoms with Crippen LogP contribution in [0.4, 0.5) is 17.3 Å². The Balaban J connectivity index is 2.42. The summed E-state index contributed by atoms with van der Waals surface area (Å²) in [5, 5.41) is 12.1. The van der Waals surface area contributed by atoms with E-state index in [-0.39, 0.29) is 5.82 Å². The molecule has 2 aromatic rings. The number of anilines is 3. The first-order valence-corrected chi connectivity index (χ1v) is 6.06. The third kappa shape index (κ3) is 2.74. The Labute approximate surface area is 118 Å². The molecule has 1 heterocycles. The summed E-state index contributed by atoms with van der Waals surface area (Å²) in [7, 11) is 1.48. The van der Waals surface area contributed by atoms with Crippen LogP contribution in [-0.2, 0) is 0 Å². The zero-order valence-corrected chi connectivity index (χ0v) is 11.6. The van der Waals surface area contributed by atoms with E-state index in [9.17, 15) is 0 Å². The lowest BCUT2D eigenvalue weighted by Gasteiger charge is -2.12. The van der Waals surface area contributed by atoms with Gasteiger partial charge in [0.05, 0.1) is 18.4 Å². The van der Waals surface area contributed by atoms with Gasteiger partial charge in [-0.15, -0.1) is 0 Å². The summed E-state index contributed by atoms with van der Waals surface area (Å²) in [6, 6.07) is 7.39. The van der Waals surface area contributed by atoms with Gasteiger partial charge in [0.1, 0.15) is 12.4 Å². The van der Waals surface area contributed by atoms with Gasteiger partial charge in [-0.05, 0) is 18.2 Å². The largest absolute Gasteiger partial charge is 0.490 e. The van der Waals surface area contributed by atoms with Gasteiger partial charge in [0, 0.05) is 4.47 Å². The van der Waals surface area contributed by atoms with Gasteiger partial charge in [0.25, 0.3) is 0 Å². The molecule has 7 heteroatoms. The number of nitrogen functional groups attached to an aromatic ring is 1. The number of nitriles is 1. The zero-order chi connectivity index (χ0) is 13.8. The highest BCUT2D eigenvalue weighted by Crippen LogP contribution is 2.31. The Morgan fingerprint density at radius 3 is 2.89 bits per heavy atom. The van der Waals surface area contributed by atoms with E-state index in [2.05, 4.69) is 37.3 Å². The van der Waals surface area contributed by atoms with Crippen molar-refractivity contribution in [3.63, 3.8) is 0 Å². The summed E-state index contributed by atoms with van der Waals surface area (Å²) in [5.41, 5.74) is 6.78. The van der Waals surface area contributed by atoms with E-state index < -0.39 is 0 Å². The van der Waals surface area contributed by atoms with Crippen molar-refractivity contribution in [2.45, 2.75) is 0 Å². The maximum absolute atomic E-state index is 9.10. The number of hydrogen-bond acceptors (Lipinski definition) is 6. The molecule has 0 radical (unpaired) electrons. The Morgan fingerprint density at radius 1 is 1.42 bits per heavy atom. The molecule has 0 aliphatic rings. The van der Waals surface area contributed by atoms with Gasteiger partial charge < -0.3 is 15.8 Å². The summed E-state index contributed by atoms with van der Waals surface area (Å²) >= 11 is 3.31. The predicted molar refractivity (Wildman–Crippen MR) is 75.1 cm³/mol. The van der Waals surface area contributed by atoms with Crippen molar-refractivity contribution in [3.8, 4) is 11.8 Å². The van der Waals surface area contributed by atoms with Gasteiger partial charge in [-0.1, -0.05) is 15.9 Å². The number of aromatic nitrogens is 2. The highest BCUT2D eigenvalue weighted by Gasteiger charge is 2.11. The van der Waals surface area contributed by atoms with E-state index >= 15 is 0 Å². The van der Waals surface area contributed by atoms with E-state index in [1.54, 1.807) is 12.1 Å². The second-order valence-corrected chi connectivity index (χ2v) is 4.48. The molecule has 19 heavy (non-hydrogen) atoms. The first kappa shape index (κ1) is 13.1. The molecule has 3 N–H and O–H groups in total. The van der Waals surface area contributed by atoms with Crippen LogP contribution in [0.15, 0.2) is 29.0 Å². The average Bonchev–Trinajstić information content (AvgIpc) is 2.41. The molecule has 0 atom stereocenters. The van der Waals surface area contributed by atoms with Crippen LogP contribution in [0.1, 0.15) is 5.56 Å². The molecule has 6 nitrogen and oxygen atoms in total. The predicted octanol–water partition coefficient (Wildman–Crippen LogP) is 2.45. The fourth-order valence-electron chi connectivity index (χ4n) is 1.52. The molecule has 0 amide bonds. The minimum Gasteiger partial charge on any atom is -0.490 e. The third-order valence-electron chi connectivity index (χ3n) is 2.39. The van der Waals surface area contributed by atoms with Crippen LogP contribution >= 0.6 is 15.9 Å². The first-order chi connectivity index (χ1) is 9.15. The van der Waals surface area contributed by atoms with Crippen molar-refractivity contribution in [2.75, 3.05) is 18.2 Å². The molecule has 0 bridgehead atoms. The average molecular weight is 320 g/mol. The van der Waals surface area contributed by atoms with E-state index in [1.807, 2.05) is 6.07 Å². The Bertz CT molecular complexity index is 653. The maximum atomic E-state index is 9.10.